The Bertz CT molecular complexity index is 405. The molecule has 0 rings (SSSR count). The van der Waals surface area contributed by atoms with Gasteiger partial charge in [-0.15, -0.1) is 0 Å². The van der Waals surface area contributed by atoms with Gasteiger partial charge in [-0.3, -0.25) is 4.18 Å². The first kappa shape index (κ1) is 22.8. The summed E-state index contributed by atoms with van der Waals surface area (Å²) >= 11 is 0. The van der Waals surface area contributed by atoms with Gasteiger partial charge in [0.1, 0.15) is 0 Å². The summed E-state index contributed by atoms with van der Waals surface area (Å²) in [6.07, 6.45) is 4.45. The molecule has 23 heavy (non-hydrogen) atoms. The van der Waals surface area contributed by atoms with Gasteiger partial charge in [-0.2, -0.15) is 8.42 Å². The van der Waals surface area contributed by atoms with E-state index in [9.17, 15) is 8.42 Å². The van der Waals surface area contributed by atoms with Gasteiger partial charge in [0.05, 0.1) is 37.3 Å². The molecule has 0 spiro atoms. The number of hydrogen-bond acceptors (Lipinski definition) is 6. The molecule has 0 aromatic carbocycles. The summed E-state index contributed by atoms with van der Waals surface area (Å²) in [5.41, 5.74) is -0.395. The molecule has 6 nitrogen and oxygen atoms in total. The molecule has 0 radical (unpaired) electrons. The molecule has 0 saturated heterocycles. The van der Waals surface area contributed by atoms with Crippen LogP contribution >= 0.6 is 0 Å². The molecule has 0 aliphatic carbocycles. The summed E-state index contributed by atoms with van der Waals surface area (Å²) in [5, 5.41) is 0. The molecular weight excluding hydrogens is 320 g/mol. The average Bonchev–Trinajstić information content (AvgIpc) is 2.49. The molecule has 140 valence electrons. The van der Waals surface area contributed by atoms with Gasteiger partial charge < -0.3 is 14.2 Å². The molecule has 7 heteroatoms. The molecule has 0 saturated carbocycles. The second-order valence-electron chi connectivity index (χ2n) is 6.30. The highest BCUT2D eigenvalue weighted by Gasteiger charge is 2.26. The highest BCUT2D eigenvalue weighted by Crippen LogP contribution is 2.24. The van der Waals surface area contributed by atoms with Gasteiger partial charge in [0.2, 0.25) is 0 Å². The minimum atomic E-state index is -3.39. The zero-order valence-electron chi connectivity index (χ0n) is 15.5. The maximum absolute atomic E-state index is 10.8. The van der Waals surface area contributed by atoms with E-state index < -0.39 is 10.1 Å². The first-order chi connectivity index (χ1) is 10.6. The highest BCUT2D eigenvalue weighted by molar-refractivity contribution is 7.85. The molecule has 0 aliphatic heterocycles. The molecule has 0 N–H and O–H groups in total. The quantitative estimate of drug-likeness (QED) is 0.353. The van der Waals surface area contributed by atoms with E-state index in [0.717, 1.165) is 31.9 Å². The third-order valence-corrected chi connectivity index (χ3v) is 4.97. The van der Waals surface area contributed by atoms with Crippen LogP contribution in [0.15, 0.2) is 0 Å². The zero-order valence-corrected chi connectivity index (χ0v) is 16.3. The van der Waals surface area contributed by atoms with Gasteiger partial charge in [0.25, 0.3) is 10.1 Å². The summed E-state index contributed by atoms with van der Waals surface area (Å²) in [5.74, 6) is 0. The lowest BCUT2D eigenvalue weighted by Crippen LogP contribution is -2.34. The number of ether oxygens (including phenoxy) is 3. The van der Waals surface area contributed by atoms with Crippen LogP contribution in [0.25, 0.3) is 0 Å². The molecule has 2 unspecified atom stereocenters. The van der Waals surface area contributed by atoms with Crippen molar-refractivity contribution >= 4 is 10.1 Å². The van der Waals surface area contributed by atoms with Crippen molar-refractivity contribution in [3.8, 4) is 0 Å². The Morgan fingerprint density at radius 3 is 1.91 bits per heavy atom. The first-order valence-corrected chi connectivity index (χ1v) is 10.0. The van der Waals surface area contributed by atoms with Crippen LogP contribution in [0.5, 0.6) is 0 Å². The van der Waals surface area contributed by atoms with Crippen molar-refractivity contribution in [1.29, 1.82) is 0 Å². The van der Waals surface area contributed by atoms with Crippen molar-refractivity contribution in [1.82, 2.24) is 0 Å². The Morgan fingerprint density at radius 2 is 1.43 bits per heavy atom. The maximum atomic E-state index is 10.8. The molecule has 0 bridgehead atoms. The van der Waals surface area contributed by atoms with Crippen LogP contribution in [0.2, 0.25) is 0 Å². The van der Waals surface area contributed by atoms with Crippen LogP contribution in [-0.2, 0) is 28.5 Å². The minimum Gasteiger partial charge on any atom is -0.379 e. The summed E-state index contributed by atoms with van der Waals surface area (Å²) < 4.78 is 43.2. The van der Waals surface area contributed by atoms with Crippen molar-refractivity contribution in [2.24, 2.45) is 0 Å². The topological polar surface area (TPSA) is 71.1 Å². The van der Waals surface area contributed by atoms with Gasteiger partial charge in [-0.05, 0) is 39.5 Å². The standard InChI is InChI=1S/C16H34O6S/c1-7-15(3,19-5)10-12-21-16(4,8-2)9-11-20-13-14-22-23(6,17)18/h7-14H2,1-6H3. The predicted octanol–water partition coefficient (Wildman–Crippen LogP) is 2.76. The fraction of sp³-hybridized carbons (Fsp3) is 1.00. The number of hydrogen-bond donors (Lipinski definition) is 0. The van der Waals surface area contributed by atoms with E-state index in [1.165, 1.54) is 0 Å². The molecule has 0 amide bonds. The lowest BCUT2D eigenvalue weighted by Gasteiger charge is -2.32. The lowest BCUT2D eigenvalue weighted by molar-refractivity contribution is -0.0861. The van der Waals surface area contributed by atoms with E-state index in [2.05, 4.69) is 31.9 Å². The molecule has 0 fully saturated rings. The molecule has 0 aliphatic rings. The molecular formula is C16H34O6S. The predicted molar refractivity (Wildman–Crippen MR) is 91.2 cm³/mol. The molecule has 0 aromatic heterocycles. The van der Waals surface area contributed by atoms with Crippen molar-refractivity contribution in [3.05, 3.63) is 0 Å². The first-order valence-electron chi connectivity index (χ1n) is 8.21. The van der Waals surface area contributed by atoms with Crippen LogP contribution in [0.4, 0.5) is 0 Å². The molecule has 2 atom stereocenters. The summed E-state index contributed by atoms with van der Waals surface area (Å²) in [4.78, 5) is 0. The van der Waals surface area contributed by atoms with E-state index >= 15 is 0 Å². The van der Waals surface area contributed by atoms with Gasteiger partial charge >= 0.3 is 0 Å². The Hall–Kier alpha value is -0.210. The van der Waals surface area contributed by atoms with Gasteiger partial charge in [-0.25, -0.2) is 0 Å². The van der Waals surface area contributed by atoms with E-state index in [0.29, 0.717) is 13.2 Å². The van der Waals surface area contributed by atoms with Crippen molar-refractivity contribution in [2.45, 2.75) is 64.6 Å². The van der Waals surface area contributed by atoms with Crippen LogP contribution in [0, 0.1) is 0 Å². The second kappa shape index (κ2) is 10.6. The van der Waals surface area contributed by atoms with E-state index in [4.69, 9.17) is 14.2 Å². The SMILES string of the molecule is CCC(C)(CCOC(C)(CC)CCOCCOS(C)(=O)=O)OC. The third kappa shape index (κ3) is 11.1. The fourth-order valence-electron chi connectivity index (χ4n) is 1.92. The van der Waals surface area contributed by atoms with Crippen LogP contribution < -0.4 is 0 Å². The Labute approximate surface area is 142 Å². The second-order valence-corrected chi connectivity index (χ2v) is 7.94. The van der Waals surface area contributed by atoms with E-state index in [-0.39, 0.29) is 24.4 Å². The smallest absolute Gasteiger partial charge is 0.264 e. The number of rotatable bonds is 14. The summed E-state index contributed by atoms with van der Waals surface area (Å²) in [6.45, 7) is 9.79. The zero-order chi connectivity index (χ0) is 18.0. The van der Waals surface area contributed by atoms with Crippen LogP contribution in [0.1, 0.15) is 53.4 Å². The average molecular weight is 355 g/mol. The van der Waals surface area contributed by atoms with Crippen LogP contribution in [0.3, 0.4) is 0 Å². The van der Waals surface area contributed by atoms with Crippen molar-refractivity contribution in [2.75, 3.05) is 39.8 Å². The normalized spacial score (nSPS) is 17.7. The monoisotopic (exact) mass is 354 g/mol. The Balaban J connectivity index is 4.01. The largest absolute Gasteiger partial charge is 0.379 e. The van der Waals surface area contributed by atoms with Crippen LogP contribution in [-0.4, -0.2) is 59.4 Å². The van der Waals surface area contributed by atoms with E-state index in [1.807, 2.05) is 0 Å². The number of methoxy groups -OCH3 is 1. The Kier molecular flexibility index (Phi) is 10.5. The highest BCUT2D eigenvalue weighted by atomic mass is 32.2. The van der Waals surface area contributed by atoms with Crippen molar-refractivity contribution < 1.29 is 26.8 Å². The third-order valence-electron chi connectivity index (χ3n) is 4.37. The Morgan fingerprint density at radius 1 is 0.870 bits per heavy atom. The summed E-state index contributed by atoms with van der Waals surface area (Å²) in [7, 11) is -1.66. The van der Waals surface area contributed by atoms with Gasteiger partial charge in [-0.1, -0.05) is 13.8 Å². The molecule has 0 aromatic rings. The van der Waals surface area contributed by atoms with E-state index in [1.54, 1.807) is 7.11 Å². The van der Waals surface area contributed by atoms with Gasteiger partial charge in [0, 0.05) is 13.7 Å². The minimum absolute atomic E-state index is 0.0468. The molecule has 0 heterocycles. The summed E-state index contributed by atoms with van der Waals surface area (Å²) in [6, 6.07) is 0. The maximum Gasteiger partial charge on any atom is 0.264 e. The lowest BCUT2D eigenvalue weighted by atomic mass is 9.97. The van der Waals surface area contributed by atoms with Crippen molar-refractivity contribution in [3.63, 3.8) is 0 Å². The fourth-order valence-corrected chi connectivity index (χ4v) is 2.29. The van der Waals surface area contributed by atoms with Gasteiger partial charge in [0.15, 0.2) is 0 Å².